The summed E-state index contributed by atoms with van der Waals surface area (Å²) in [6, 6.07) is 3.24. The van der Waals surface area contributed by atoms with Gasteiger partial charge in [-0.2, -0.15) is 0 Å². The average Bonchev–Trinajstić information content (AvgIpc) is 2.73. The molecule has 2 aromatic heterocycles. The molecule has 30 heavy (non-hydrogen) atoms. The largest absolute Gasteiger partial charge is 0.373 e. The first-order valence-corrected chi connectivity index (χ1v) is 8.90. The van der Waals surface area contributed by atoms with E-state index in [0.29, 0.717) is 11.3 Å². The third kappa shape index (κ3) is 3.32. The van der Waals surface area contributed by atoms with Crippen LogP contribution in [0.25, 0.3) is 10.8 Å². The van der Waals surface area contributed by atoms with E-state index in [2.05, 4.69) is 9.97 Å². The number of hydrogen-bond acceptors (Lipinski definition) is 4. The summed E-state index contributed by atoms with van der Waals surface area (Å²) in [5.41, 5.74) is -0.425. The fourth-order valence-electron chi connectivity index (χ4n) is 3.59. The predicted molar refractivity (Wildman–Crippen MR) is 98.2 cm³/mol. The fourth-order valence-corrected chi connectivity index (χ4v) is 3.59. The number of likely N-dealkylation sites (N-methyl/N-ethyl adjacent to an activating group) is 1. The Kier molecular flexibility index (Phi) is 5.02. The van der Waals surface area contributed by atoms with Crippen molar-refractivity contribution in [3.05, 3.63) is 75.0 Å². The minimum Gasteiger partial charge on any atom is -0.373 e. The molecule has 156 valence electrons. The summed E-state index contributed by atoms with van der Waals surface area (Å²) in [4.78, 5) is 32.6. The highest BCUT2D eigenvalue weighted by Crippen LogP contribution is 2.34. The Bertz CT molecular complexity index is 1210. The summed E-state index contributed by atoms with van der Waals surface area (Å²) in [7, 11) is 1.44. The Balaban J connectivity index is 1.82. The van der Waals surface area contributed by atoms with Gasteiger partial charge in [-0.15, -0.1) is 0 Å². The zero-order chi connectivity index (χ0) is 21.6. The van der Waals surface area contributed by atoms with Crippen LogP contribution < -0.4 is 5.56 Å². The molecular formula is C20H15F4N3O3. The lowest BCUT2D eigenvalue weighted by Gasteiger charge is -2.34. The van der Waals surface area contributed by atoms with Crippen molar-refractivity contribution < 1.29 is 27.1 Å². The van der Waals surface area contributed by atoms with Crippen LogP contribution in [0.4, 0.5) is 17.6 Å². The van der Waals surface area contributed by atoms with Crippen molar-refractivity contribution >= 4 is 16.7 Å². The van der Waals surface area contributed by atoms with Gasteiger partial charge >= 0.3 is 0 Å². The van der Waals surface area contributed by atoms with Crippen molar-refractivity contribution in [2.75, 3.05) is 13.7 Å². The summed E-state index contributed by atoms with van der Waals surface area (Å²) < 4.78 is 59.0. The number of alkyl halides is 2. The number of rotatable bonds is 3. The molecule has 10 heteroatoms. The average molecular weight is 421 g/mol. The van der Waals surface area contributed by atoms with Crippen LogP contribution in [0.1, 0.15) is 39.8 Å². The molecule has 1 aliphatic rings. The highest BCUT2D eigenvalue weighted by atomic mass is 19.3. The van der Waals surface area contributed by atoms with E-state index in [1.165, 1.54) is 18.0 Å². The van der Waals surface area contributed by atoms with Crippen LogP contribution in [0.2, 0.25) is 0 Å². The van der Waals surface area contributed by atoms with Gasteiger partial charge in [0.25, 0.3) is 17.9 Å². The van der Waals surface area contributed by atoms with E-state index in [-0.39, 0.29) is 29.5 Å². The maximum atomic E-state index is 13.9. The zero-order valence-electron chi connectivity index (χ0n) is 15.6. The van der Waals surface area contributed by atoms with Crippen LogP contribution in [0.5, 0.6) is 0 Å². The SMILES string of the molecule is CN(C(=O)c1ccnc(C(F)F)c1)[C@H]1COCc2[nH]c(=O)c3cc(F)c(F)cc3c21. The highest BCUT2D eigenvalue weighted by Gasteiger charge is 2.31. The molecule has 0 fully saturated rings. The lowest BCUT2D eigenvalue weighted by atomic mass is 9.95. The molecular weight excluding hydrogens is 406 g/mol. The van der Waals surface area contributed by atoms with Crippen molar-refractivity contribution in [1.29, 1.82) is 0 Å². The van der Waals surface area contributed by atoms with E-state index in [0.717, 1.165) is 24.4 Å². The van der Waals surface area contributed by atoms with Gasteiger partial charge in [0.2, 0.25) is 0 Å². The third-order valence-corrected chi connectivity index (χ3v) is 5.08. The van der Waals surface area contributed by atoms with E-state index in [4.69, 9.17) is 4.74 Å². The Morgan fingerprint density at radius 3 is 2.63 bits per heavy atom. The summed E-state index contributed by atoms with van der Waals surface area (Å²) in [5, 5.41) is 0.0906. The molecule has 0 aliphatic carbocycles. The second-order valence-electron chi connectivity index (χ2n) is 6.88. The maximum absolute atomic E-state index is 13.9. The minimum atomic E-state index is -2.84. The van der Waals surface area contributed by atoms with Gasteiger partial charge in [0, 0.05) is 30.1 Å². The number of amides is 1. The standard InChI is InChI=1S/C20H15F4N3O3/c1-27(20(29)9-2-3-25-14(4-9)18(23)24)16-8-30-7-15-17(16)10-5-12(21)13(22)6-11(10)19(28)26-15/h2-6,16,18H,7-8H2,1H3,(H,26,28)/t16-/m0/s1. The number of nitrogens with one attached hydrogen (secondary N) is 1. The maximum Gasteiger partial charge on any atom is 0.280 e. The second kappa shape index (κ2) is 7.52. The molecule has 1 atom stereocenters. The number of pyridine rings is 2. The van der Waals surface area contributed by atoms with Crippen LogP contribution in [-0.2, 0) is 11.3 Å². The molecule has 0 saturated carbocycles. The van der Waals surface area contributed by atoms with Gasteiger partial charge in [0.15, 0.2) is 11.6 Å². The molecule has 1 aliphatic heterocycles. The molecule has 0 bridgehead atoms. The van der Waals surface area contributed by atoms with Crippen molar-refractivity contribution in [1.82, 2.24) is 14.9 Å². The molecule has 1 amide bonds. The van der Waals surface area contributed by atoms with Gasteiger partial charge in [0.05, 0.1) is 24.6 Å². The summed E-state index contributed by atoms with van der Waals surface area (Å²) >= 11 is 0. The first-order valence-electron chi connectivity index (χ1n) is 8.90. The van der Waals surface area contributed by atoms with Gasteiger partial charge in [-0.25, -0.2) is 17.6 Å². The Morgan fingerprint density at radius 1 is 1.23 bits per heavy atom. The van der Waals surface area contributed by atoms with E-state index in [1.807, 2.05) is 0 Å². The fraction of sp³-hybridized carbons (Fsp3) is 0.250. The van der Waals surface area contributed by atoms with Crippen molar-refractivity contribution in [3.8, 4) is 0 Å². The molecule has 0 spiro atoms. The minimum absolute atomic E-state index is 0.0131. The number of aromatic nitrogens is 2. The number of hydrogen-bond donors (Lipinski definition) is 1. The van der Waals surface area contributed by atoms with Gasteiger partial charge in [-0.1, -0.05) is 0 Å². The molecule has 1 N–H and O–H groups in total. The smallest absolute Gasteiger partial charge is 0.280 e. The summed E-state index contributed by atoms with van der Waals surface area (Å²) in [6.07, 6.45) is -1.73. The molecule has 3 aromatic rings. The van der Waals surface area contributed by atoms with Crippen LogP contribution in [-0.4, -0.2) is 34.4 Å². The molecule has 3 heterocycles. The Morgan fingerprint density at radius 2 is 1.93 bits per heavy atom. The number of fused-ring (bicyclic) bond motifs is 3. The quantitative estimate of drug-likeness (QED) is 0.657. The predicted octanol–water partition coefficient (Wildman–Crippen LogP) is 3.48. The van der Waals surface area contributed by atoms with Gasteiger partial charge in [-0.05, 0) is 29.7 Å². The van der Waals surface area contributed by atoms with Crippen molar-refractivity contribution in [2.45, 2.75) is 19.1 Å². The van der Waals surface area contributed by atoms with Crippen LogP contribution in [0.15, 0.2) is 35.3 Å². The Hall–Kier alpha value is -3.27. The topological polar surface area (TPSA) is 75.3 Å². The number of H-pyrrole nitrogens is 1. The molecule has 1 aromatic carbocycles. The Labute approximate surface area is 167 Å². The van der Waals surface area contributed by atoms with Crippen LogP contribution in [0, 0.1) is 11.6 Å². The number of carbonyl (C=O) groups is 1. The highest BCUT2D eigenvalue weighted by molar-refractivity contribution is 5.95. The molecule has 0 unspecified atom stereocenters. The molecule has 0 radical (unpaired) electrons. The van der Waals surface area contributed by atoms with Gasteiger partial charge in [-0.3, -0.25) is 14.6 Å². The van der Waals surface area contributed by atoms with Gasteiger partial charge < -0.3 is 14.6 Å². The number of carbonyl (C=O) groups excluding carboxylic acids is 1. The van der Waals surface area contributed by atoms with E-state index in [1.54, 1.807) is 0 Å². The number of halogens is 4. The number of nitrogens with zero attached hydrogens (tertiary/aromatic N) is 2. The zero-order valence-corrected chi connectivity index (χ0v) is 15.6. The molecule has 4 rings (SSSR count). The number of aromatic amines is 1. The normalized spacial score (nSPS) is 16.0. The summed E-state index contributed by atoms with van der Waals surface area (Å²) in [6.45, 7) is 0.0327. The van der Waals surface area contributed by atoms with E-state index in [9.17, 15) is 27.2 Å². The molecule has 6 nitrogen and oxygen atoms in total. The van der Waals surface area contributed by atoms with Crippen molar-refractivity contribution in [3.63, 3.8) is 0 Å². The van der Waals surface area contributed by atoms with E-state index < -0.39 is 41.3 Å². The van der Waals surface area contributed by atoms with Crippen LogP contribution >= 0.6 is 0 Å². The lowest BCUT2D eigenvalue weighted by Crippen LogP contribution is -2.37. The number of benzene rings is 1. The first-order chi connectivity index (χ1) is 14.3. The lowest BCUT2D eigenvalue weighted by molar-refractivity contribution is 0.0335. The second-order valence-corrected chi connectivity index (χ2v) is 6.88. The third-order valence-electron chi connectivity index (χ3n) is 5.08. The van der Waals surface area contributed by atoms with Crippen molar-refractivity contribution in [2.24, 2.45) is 0 Å². The monoisotopic (exact) mass is 421 g/mol. The number of ether oxygens (including phenoxy) is 1. The van der Waals surface area contributed by atoms with Crippen LogP contribution in [0.3, 0.4) is 0 Å². The molecule has 0 saturated heterocycles. The van der Waals surface area contributed by atoms with Gasteiger partial charge in [0.1, 0.15) is 5.69 Å². The first kappa shape index (κ1) is 20.0. The summed E-state index contributed by atoms with van der Waals surface area (Å²) in [5.74, 6) is -2.90. The van der Waals surface area contributed by atoms with E-state index >= 15 is 0 Å².